The van der Waals surface area contributed by atoms with Gasteiger partial charge < -0.3 is 5.32 Å². The Hall–Kier alpha value is -1.42. The van der Waals surface area contributed by atoms with Crippen molar-refractivity contribution in [1.29, 1.82) is 0 Å². The first-order valence-electron chi connectivity index (χ1n) is 7.02. The predicted molar refractivity (Wildman–Crippen MR) is 87.7 cm³/mol. The minimum atomic E-state index is 0.0147. The molecule has 0 aliphatic carbocycles. The second-order valence-corrected chi connectivity index (χ2v) is 7.53. The lowest BCUT2D eigenvalue weighted by Crippen LogP contribution is -2.16. The van der Waals surface area contributed by atoms with E-state index in [2.05, 4.69) is 64.0 Å². The summed E-state index contributed by atoms with van der Waals surface area (Å²) in [6, 6.07) is 4.24. The van der Waals surface area contributed by atoms with E-state index in [1.54, 1.807) is 11.3 Å². The molecule has 0 aromatic carbocycles. The Morgan fingerprint density at radius 3 is 2.35 bits per heavy atom. The number of nitrogens with zero attached hydrogens (tertiary/aromatic N) is 2. The Morgan fingerprint density at radius 2 is 1.85 bits per heavy atom. The van der Waals surface area contributed by atoms with Crippen LogP contribution in [0.25, 0.3) is 11.4 Å². The summed E-state index contributed by atoms with van der Waals surface area (Å²) in [4.78, 5) is 12.0. The monoisotopic (exact) mass is 289 g/mol. The third-order valence-corrected chi connectivity index (χ3v) is 4.10. The normalized spacial score (nSPS) is 11.7. The third-order valence-electron chi connectivity index (χ3n) is 3.13. The average molecular weight is 289 g/mol. The van der Waals surface area contributed by atoms with Crippen LogP contribution in [0, 0.1) is 13.8 Å². The topological polar surface area (TPSA) is 37.8 Å². The Labute approximate surface area is 125 Å². The van der Waals surface area contributed by atoms with Gasteiger partial charge in [-0.05, 0) is 26.8 Å². The lowest BCUT2D eigenvalue weighted by atomic mass is 9.92. The van der Waals surface area contributed by atoms with Crippen LogP contribution >= 0.6 is 11.3 Å². The molecule has 0 saturated carbocycles. The molecule has 0 fully saturated rings. The summed E-state index contributed by atoms with van der Waals surface area (Å²) in [5, 5.41) is 3.31. The van der Waals surface area contributed by atoms with E-state index in [9.17, 15) is 0 Å². The molecule has 2 heterocycles. The van der Waals surface area contributed by atoms with Crippen LogP contribution in [0.2, 0.25) is 0 Å². The van der Waals surface area contributed by atoms with Crippen molar-refractivity contribution in [2.75, 3.05) is 11.9 Å². The summed E-state index contributed by atoms with van der Waals surface area (Å²) in [5.41, 5.74) is 2.24. The first-order valence-corrected chi connectivity index (χ1v) is 7.83. The number of rotatable bonds is 3. The van der Waals surface area contributed by atoms with Gasteiger partial charge in [-0.15, -0.1) is 11.3 Å². The molecule has 20 heavy (non-hydrogen) atoms. The van der Waals surface area contributed by atoms with Crippen molar-refractivity contribution in [2.45, 2.75) is 47.0 Å². The number of hydrogen-bond donors (Lipinski definition) is 1. The highest BCUT2D eigenvalue weighted by Gasteiger charge is 2.19. The Balaban J connectivity index is 2.57. The van der Waals surface area contributed by atoms with Gasteiger partial charge in [0.15, 0.2) is 5.82 Å². The van der Waals surface area contributed by atoms with E-state index < -0.39 is 0 Å². The van der Waals surface area contributed by atoms with Crippen LogP contribution < -0.4 is 5.32 Å². The summed E-state index contributed by atoms with van der Waals surface area (Å²) in [6.45, 7) is 13.7. The van der Waals surface area contributed by atoms with Crippen molar-refractivity contribution < 1.29 is 0 Å². The highest BCUT2D eigenvalue weighted by molar-refractivity contribution is 7.12. The van der Waals surface area contributed by atoms with E-state index in [1.807, 2.05) is 0 Å². The maximum atomic E-state index is 4.79. The van der Waals surface area contributed by atoms with Crippen molar-refractivity contribution in [3.8, 4) is 11.4 Å². The van der Waals surface area contributed by atoms with Gasteiger partial charge in [-0.2, -0.15) is 0 Å². The number of anilines is 1. The van der Waals surface area contributed by atoms with E-state index in [0.717, 1.165) is 29.4 Å². The van der Waals surface area contributed by atoms with E-state index in [0.29, 0.717) is 0 Å². The molecule has 4 heteroatoms. The lowest BCUT2D eigenvalue weighted by Gasteiger charge is -2.19. The van der Waals surface area contributed by atoms with Crippen LogP contribution in [0.15, 0.2) is 12.1 Å². The Morgan fingerprint density at radius 1 is 1.15 bits per heavy atom. The molecule has 0 saturated heterocycles. The summed E-state index contributed by atoms with van der Waals surface area (Å²) < 4.78 is 0. The van der Waals surface area contributed by atoms with Crippen molar-refractivity contribution in [2.24, 2.45) is 0 Å². The number of nitrogens with one attached hydrogen (secondary N) is 1. The first-order chi connectivity index (χ1) is 9.31. The number of aryl methyl sites for hydroxylation is 2. The van der Waals surface area contributed by atoms with Crippen LogP contribution in [0.4, 0.5) is 5.82 Å². The summed E-state index contributed by atoms with van der Waals surface area (Å²) in [6.07, 6.45) is 0. The van der Waals surface area contributed by atoms with E-state index >= 15 is 0 Å². The van der Waals surface area contributed by atoms with Crippen molar-refractivity contribution >= 4 is 17.2 Å². The van der Waals surface area contributed by atoms with Gasteiger partial charge in [-0.3, -0.25) is 0 Å². The van der Waals surface area contributed by atoms with Crippen molar-refractivity contribution in [3.63, 3.8) is 0 Å². The van der Waals surface area contributed by atoms with Gasteiger partial charge in [0.2, 0.25) is 0 Å². The molecule has 0 atom stereocenters. The smallest absolute Gasteiger partial charge is 0.162 e. The van der Waals surface area contributed by atoms with Gasteiger partial charge in [0.25, 0.3) is 0 Å². The van der Waals surface area contributed by atoms with Crippen molar-refractivity contribution in [3.05, 3.63) is 27.6 Å². The molecular formula is C16H23N3S. The molecule has 0 aliphatic rings. The van der Waals surface area contributed by atoms with Crippen molar-refractivity contribution in [1.82, 2.24) is 9.97 Å². The molecule has 1 N–H and O–H groups in total. The lowest BCUT2D eigenvalue weighted by molar-refractivity contribution is 0.568. The third kappa shape index (κ3) is 3.18. The highest BCUT2D eigenvalue weighted by Crippen LogP contribution is 2.31. The maximum Gasteiger partial charge on any atom is 0.162 e. The van der Waals surface area contributed by atoms with Crippen LogP contribution in [0.5, 0.6) is 0 Å². The minimum Gasteiger partial charge on any atom is -0.370 e. The number of thiophene rings is 1. The molecular weight excluding hydrogens is 266 g/mol. The standard InChI is InChI=1S/C16H23N3S/c1-7-17-14-9-13(16(4,5)6)18-15(19-14)12-8-10(2)20-11(12)3/h8-9H,7H2,1-6H3,(H,17,18,19). The Bertz CT molecular complexity index is 609. The van der Waals surface area contributed by atoms with Gasteiger partial charge in [-0.25, -0.2) is 9.97 Å². The maximum absolute atomic E-state index is 4.79. The van der Waals surface area contributed by atoms with Gasteiger partial charge in [-0.1, -0.05) is 20.8 Å². The predicted octanol–water partition coefficient (Wildman–Crippen LogP) is 4.55. The second kappa shape index (κ2) is 5.52. The van der Waals surface area contributed by atoms with Crippen LogP contribution in [-0.2, 0) is 5.41 Å². The average Bonchev–Trinajstić information content (AvgIpc) is 2.67. The number of hydrogen-bond acceptors (Lipinski definition) is 4. The van der Waals surface area contributed by atoms with Crippen LogP contribution in [0.3, 0.4) is 0 Å². The summed E-state index contributed by atoms with van der Waals surface area (Å²) >= 11 is 1.80. The van der Waals surface area contributed by atoms with E-state index in [4.69, 9.17) is 4.98 Å². The fourth-order valence-corrected chi connectivity index (χ4v) is 3.00. The molecule has 0 radical (unpaired) electrons. The molecule has 2 rings (SSSR count). The van der Waals surface area contributed by atoms with E-state index in [1.165, 1.54) is 9.75 Å². The molecule has 0 aliphatic heterocycles. The molecule has 0 bridgehead atoms. The van der Waals surface area contributed by atoms with Gasteiger partial charge >= 0.3 is 0 Å². The van der Waals surface area contributed by atoms with Gasteiger partial charge in [0, 0.05) is 33.3 Å². The SMILES string of the molecule is CCNc1cc(C(C)(C)C)nc(-c2cc(C)sc2C)n1. The molecule has 3 nitrogen and oxygen atoms in total. The number of aromatic nitrogens is 2. The zero-order valence-corrected chi connectivity index (χ0v) is 14.0. The minimum absolute atomic E-state index is 0.0147. The fourth-order valence-electron chi connectivity index (χ4n) is 2.08. The second-order valence-electron chi connectivity index (χ2n) is 6.07. The van der Waals surface area contributed by atoms with E-state index in [-0.39, 0.29) is 5.41 Å². The molecule has 108 valence electrons. The first kappa shape index (κ1) is 15.0. The molecule has 0 unspecified atom stereocenters. The summed E-state index contributed by atoms with van der Waals surface area (Å²) in [5.74, 6) is 1.74. The van der Waals surface area contributed by atoms with Crippen LogP contribution in [0.1, 0.15) is 43.1 Å². The van der Waals surface area contributed by atoms with Gasteiger partial charge in [0.05, 0.1) is 5.69 Å². The molecule has 2 aromatic rings. The molecule has 0 spiro atoms. The summed E-state index contributed by atoms with van der Waals surface area (Å²) in [7, 11) is 0. The zero-order chi connectivity index (χ0) is 14.9. The van der Waals surface area contributed by atoms with Crippen LogP contribution in [-0.4, -0.2) is 16.5 Å². The Kier molecular flexibility index (Phi) is 4.14. The molecule has 2 aromatic heterocycles. The fraction of sp³-hybridized carbons (Fsp3) is 0.500. The van der Waals surface area contributed by atoms with Gasteiger partial charge in [0.1, 0.15) is 5.82 Å². The molecule has 0 amide bonds. The zero-order valence-electron chi connectivity index (χ0n) is 13.2. The quantitative estimate of drug-likeness (QED) is 0.900. The largest absolute Gasteiger partial charge is 0.370 e. The highest BCUT2D eigenvalue weighted by atomic mass is 32.1.